The van der Waals surface area contributed by atoms with Crippen molar-refractivity contribution in [1.29, 1.82) is 0 Å². The Balaban J connectivity index is 1.79. The van der Waals surface area contributed by atoms with Crippen LogP contribution in [0.5, 0.6) is 0 Å². The van der Waals surface area contributed by atoms with E-state index in [4.69, 9.17) is 5.73 Å². The molecule has 0 saturated carbocycles. The molecule has 2 aromatic heterocycles. The smallest absolute Gasteiger partial charge is 0.248 e. The van der Waals surface area contributed by atoms with Gasteiger partial charge in [-0.2, -0.15) is 0 Å². The van der Waals surface area contributed by atoms with Crippen LogP contribution >= 0.6 is 0 Å². The lowest BCUT2D eigenvalue weighted by Gasteiger charge is -2.07. The number of aromatic nitrogens is 2. The Labute approximate surface area is 133 Å². The van der Waals surface area contributed by atoms with Gasteiger partial charge in [0.1, 0.15) is 0 Å². The van der Waals surface area contributed by atoms with Crippen molar-refractivity contribution in [1.82, 2.24) is 9.97 Å². The van der Waals surface area contributed by atoms with E-state index in [-0.39, 0.29) is 5.91 Å². The van der Waals surface area contributed by atoms with E-state index in [1.165, 1.54) is 6.08 Å². The van der Waals surface area contributed by atoms with Crippen LogP contribution < -0.4 is 11.1 Å². The average molecular weight is 304 g/mol. The fourth-order valence-electron chi connectivity index (χ4n) is 2.30. The Morgan fingerprint density at radius 2 is 1.96 bits per heavy atom. The van der Waals surface area contributed by atoms with Crippen molar-refractivity contribution >= 4 is 34.3 Å². The third kappa shape index (κ3) is 3.52. The van der Waals surface area contributed by atoms with E-state index < -0.39 is 0 Å². The molecule has 0 aliphatic rings. The zero-order valence-corrected chi connectivity index (χ0v) is 12.7. The summed E-state index contributed by atoms with van der Waals surface area (Å²) < 4.78 is 0. The van der Waals surface area contributed by atoms with Gasteiger partial charge in [-0.15, -0.1) is 0 Å². The molecule has 3 rings (SSSR count). The molecule has 0 atom stereocenters. The molecular weight excluding hydrogens is 288 g/mol. The van der Waals surface area contributed by atoms with Crippen molar-refractivity contribution in [3.8, 4) is 0 Å². The van der Waals surface area contributed by atoms with Crippen molar-refractivity contribution < 1.29 is 4.79 Å². The number of anilines is 2. The van der Waals surface area contributed by atoms with Gasteiger partial charge in [0.25, 0.3) is 0 Å². The zero-order valence-electron chi connectivity index (χ0n) is 12.7. The predicted octanol–water partition coefficient (Wildman–Crippen LogP) is 3.17. The lowest BCUT2D eigenvalue weighted by Crippen LogP contribution is -2.07. The molecule has 5 heteroatoms. The molecule has 0 unspecified atom stereocenters. The van der Waals surface area contributed by atoms with Crippen LogP contribution in [0.4, 0.5) is 11.4 Å². The lowest BCUT2D eigenvalue weighted by atomic mass is 10.1. The summed E-state index contributed by atoms with van der Waals surface area (Å²) in [6, 6.07) is 11.0. The molecule has 0 aliphatic carbocycles. The molecule has 0 aliphatic heterocycles. The summed E-state index contributed by atoms with van der Waals surface area (Å²) in [4.78, 5) is 20.4. The minimum absolute atomic E-state index is 0.209. The molecule has 3 aromatic rings. The van der Waals surface area contributed by atoms with Gasteiger partial charge in [-0.3, -0.25) is 14.8 Å². The van der Waals surface area contributed by atoms with Gasteiger partial charge in [0.05, 0.1) is 5.52 Å². The molecule has 0 saturated heterocycles. The predicted molar refractivity (Wildman–Crippen MR) is 92.8 cm³/mol. The first kappa shape index (κ1) is 14.7. The first-order valence-corrected chi connectivity index (χ1v) is 7.18. The number of nitrogens with one attached hydrogen (secondary N) is 1. The fourth-order valence-corrected chi connectivity index (χ4v) is 2.30. The van der Waals surface area contributed by atoms with Crippen molar-refractivity contribution in [2.24, 2.45) is 0 Å². The molecule has 0 radical (unpaired) electrons. The van der Waals surface area contributed by atoms with Crippen LogP contribution in [-0.2, 0) is 4.79 Å². The second-order valence-electron chi connectivity index (χ2n) is 5.19. The van der Waals surface area contributed by atoms with Gasteiger partial charge in [-0.1, -0.05) is 0 Å². The molecule has 114 valence electrons. The molecule has 2 heterocycles. The third-order valence-corrected chi connectivity index (χ3v) is 3.37. The molecule has 23 heavy (non-hydrogen) atoms. The van der Waals surface area contributed by atoms with Gasteiger partial charge in [0, 0.05) is 40.9 Å². The highest BCUT2D eigenvalue weighted by atomic mass is 16.1. The minimum atomic E-state index is -0.209. The standard InChI is InChI=1S/C18H16N4O/c1-12-10-16(19)15-11-14(3-4-17(15)21-12)22-18(23)5-2-13-6-8-20-9-7-13/h2-11H,1H3,(H2,19,21)(H,22,23)/b5-2+. The van der Waals surface area contributed by atoms with Crippen molar-refractivity contribution in [3.63, 3.8) is 0 Å². The SMILES string of the molecule is Cc1cc(N)c2cc(NC(=O)/C=C/c3ccncc3)ccc2n1. The van der Waals surface area contributed by atoms with Crippen molar-refractivity contribution in [3.05, 3.63) is 66.1 Å². The van der Waals surface area contributed by atoms with Gasteiger partial charge in [-0.05, 0) is 55.0 Å². The summed E-state index contributed by atoms with van der Waals surface area (Å²) in [6.45, 7) is 1.90. The second kappa shape index (κ2) is 6.27. The molecule has 0 spiro atoms. The number of hydrogen-bond donors (Lipinski definition) is 2. The van der Waals surface area contributed by atoms with Crippen LogP contribution in [0.25, 0.3) is 17.0 Å². The largest absolute Gasteiger partial charge is 0.398 e. The van der Waals surface area contributed by atoms with E-state index in [0.717, 1.165) is 22.2 Å². The van der Waals surface area contributed by atoms with E-state index in [1.54, 1.807) is 18.5 Å². The van der Waals surface area contributed by atoms with Crippen LogP contribution in [0.15, 0.2) is 54.9 Å². The third-order valence-electron chi connectivity index (χ3n) is 3.37. The van der Waals surface area contributed by atoms with Gasteiger partial charge < -0.3 is 11.1 Å². The summed E-state index contributed by atoms with van der Waals surface area (Å²) in [7, 11) is 0. The van der Waals surface area contributed by atoms with Crippen molar-refractivity contribution in [2.75, 3.05) is 11.1 Å². The maximum Gasteiger partial charge on any atom is 0.248 e. The maximum atomic E-state index is 12.0. The number of nitrogen functional groups attached to an aromatic ring is 1. The highest BCUT2D eigenvalue weighted by Crippen LogP contribution is 2.24. The number of benzene rings is 1. The maximum absolute atomic E-state index is 12.0. The van der Waals surface area contributed by atoms with Crippen LogP contribution in [0, 0.1) is 6.92 Å². The number of rotatable bonds is 3. The first-order chi connectivity index (χ1) is 11.1. The zero-order chi connectivity index (χ0) is 16.2. The normalized spacial score (nSPS) is 11.0. The van der Waals surface area contributed by atoms with Gasteiger partial charge >= 0.3 is 0 Å². The quantitative estimate of drug-likeness (QED) is 0.728. The van der Waals surface area contributed by atoms with E-state index >= 15 is 0 Å². The number of nitrogens with zero attached hydrogens (tertiary/aromatic N) is 2. The summed E-state index contributed by atoms with van der Waals surface area (Å²) in [6.07, 6.45) is 6.57. The molecular formula is C18H16N4O. The van der Waals surface area contributed by atoms with Crippen LogP contribution in [0.2, 0.25) is 0 Å². The molecule has 1 amide bonds. The topological polar surface area (TPSA) is 80.9 Å². The Morgan fingerprint density at radius 1 is 1.17 bits per heavy atom. The van der Waals surface area contributed by atoms with Crippen molar-refractivity contribution in [2.45, 2.75) is 6.92 Å². The molecule has 1 aromatic carbocycles. The highest BCUT2D eigenvalue weighted by Gasteiger charge is 2.04. The lowest BCUT2D eigenvalue weighted by molar-refractivity contribution is -0.111. The number of hydrogen-bond acceptors (Lipinski definition) is 4. The Hall–Kier alpha value is -3.21. The van der Waals surface area contributed by atoms with Gasteiger partial charge in [0.15, 0.2) is 0 Å². The number of aryl methyl sites for hydroxylation is 1. The minimum Gasteiger partial charge on any atom is -0.398 e. The number of carbonyl (C=O) groups is 1. The van der Waals surface area contributed by atoms with E-state index in [0.29, 0.717) is 11.4 Å². The summed E-state index contributed by atoms with van der Waals surface area (Å²) in [5.74, 6) is -0.209. The number of amides is 1. The number of fused-ring (bicyclic) bond motifs is 1. The van der Waals surface area contributed by atoms with Crippen LogP contribution in [-0.4, -0.2) is 15.9 Å². The number of nitrogens with two attached hydrogens (primary N) is 1. The van der Waals surface area contributed by atoms with Crippen LogP contribution in [0.3, 0.4) is 0 Å². The Bertz CT molecular complexity index is 888. The fraction of sp³-hybridized carbons (Fsp3) is 0.0556. The monoisotopic (exact) mass is 304 g/mol. The van der Waals surface area contributed by atoms with E-state index in [2.05, 4.69) is 15.3 Å². The number of carbonyl (C=O) groups excluding carboxylic acids is 1. The molecule has 5 nitrogen and oxygen atoms in total. The summed E-state index contributed by atoms with van der Waals surface area (Å²) in [5.41, 5.74) is 9.94. The van der Waals surface area contributed by atoms with Gasteiger partial charge in [0.2, 0.25) is 5.91 Å². The van der Waals surface area contributed by atoms with Crippen LogP contribution in [0.1, 0.15) is 11.3 Å². The molecule has 3 N–H and O–H groups in total. The number of pyridine rings is 2. The average Bonchev–Trinajstić information content (AvgIpc) is 2.54. The first-order valence-electron chi connectivity index (χ1n) is 7.18. The highest BCUT2D eigenvalue weighted by molar-refractivity contribution is 6.03. The summed E-state index contributed by atoms with van der Waals surface area (Å²) in [5, 5.41) is 3.65. The summed E-state index contributed by atoms with van der Waals surface area (Å²) >= 11 is 0. The van der Waals surface area contributed by atoms with Gasteiger partial charge in [-0.25, -0.2) is 0 Å². The Kier molecular flexibility index (Phi) is 4.01. The Morgan fingerprint density at radius 3 is 2.74 bits per heavy atom. The van der Waals surface area contributed by atoms with E-state index in [9.17, 15) is 4.79 Å². The molecule has 0 bridgehead atoms. The molecule has 0 fully saturated rings. The van der Waals surface area contributed by atoms with E-state index in [1.807, 2.05) is 43.3 Å². The second-order valence-corrected chi connectivity index (χ2v) is 5.19.